The maximum Gasteiger partial charge on any atom is 0.340 e. The molecule has 1 aromatic heterocycles. The van der Waals surface area contributed by atoms with E-state index in [4.69, 9.17) is 16.3 Å². The number of nitrogens with one attached hydrogen (secondary N) is 2. The number of aromatic nitrogens is 1. The molecule has 0 unspecified atom stereocenters. The van der Waals surface area contributed by atoms with E-state index in [-0.39, 0.29) is 11.9 Å². The highest BCUT2D eigenvalue weighted by molar-refractivity contribution is 6.30. The Balaban J connectivity index is 1.37. The van der Waals surface area contributed by atoms with E-state index in [0.717, 1.165) is 60.4 Å². The normalized spacial score (nSPS) is 14.4. The van der Waals surface area contributed by atoms with Gasteiger partial charge >= 0.3 is 5.97 Å². The number of anilines is 1. The van der Waals surface area contributed by atoms with E-state index in [1.807, 2.05) is 32.0 Å². The smallest absolute Gasteiger partial charge is 0.340 e. The Labute approximate surface area is 195 Å². The SMILES string of the molecule is CCOC(=O)c1c(C)[nH]c(CCC(=O)NCCN2CCN(c3cccc(Cl)c3)CC2)c1C. The molecule has 0 atom stereocenters. The van der Waals surface area contributed by atoms with Crippen molar-refractivity contribution in [3.8, 4) is 0 Å². The van der Waals surface area contributed by atoms with Crippen molar-refractivity contribution in [1.29, 1.82) is 0 Å². The summed E-state index contributed by atoms with van der Waals surface area (Å²) in [4.78, 5) is 32.4. The monoisotopic (exact) mass is 460 g/mol. The van der Waals surface area contributed by atoms with Crippen LogP contribution in [0.25, 0.3) is 0 Å². The van der Waals surface area contributed by atoms with Crippen LogP contribution in [0.5, 0.6) is 0 Å². The molecule has 2 aromatic rings. The first-order valence-corrected chi connectivity index (χ1v) is 11.6. The van der Waals surface area contributed by atoms with Crippen LogP contribution in [0.4, 0.5) is 5.69 Å². The molecule has 1 amide bonds. The van der Waals surface area contributed by atoms with Crippen LogP contribution >= 0.6 is 11.6 Å². The first-order chi connectivity index (χ1) is 15.4. The minimum atomic E-state index is -0.315. The van der Waals surface area contributed by atoms with Crippen molar-refractivity contribution in [1.82, 2.24) is 15.2 Å². The molecule has 1 fully saturated rings. The van der Waals surface area contributed by atoms with Crippen molar-refractivity contribution in [2.24, 2.45) is 0 Å². The molecule has 0 spiro atoms. The summed E-state index contributed by atoms with van der Waals surface area (Å²) in [7, 11) is 0. The van der Waals surface area contributed by atoms with Gasteiger partial charge in [-0.1, -0.05) is 17.7 Å². The molecule has 0 aliphatic carbocycles. The molecule has 1 saturated heterocycles. The Kier molecular flexibility index (Phi) is 8.59. The van der Waals surface area contributed by atoms with Gasteiger partial charge in [-0.3, -0.25) is 9.69 Å². The van der Waals surface area contributed by atoms with Crippen LogP contribution in [0.3, 0.4) is 0 Å². The number of halogens is 1. The highest BCUT2D eigenvalue weighted by atomic mass is 35.5. The quantitative estimate of drug-likeness (QED) is 0.561. The minimum Gasteiger partial charge on any atom is -0.462 e. The molecule has 7 nitrogen and oxygen atoms in total. The number of ether oxygens (including phenoxy) is 1. The van der Waals surface area contributed by atoms with Crippen LogP contribution < -0.4 is 10.2 Å². The van der Waals surface area contributed by atoms with Gasteiger partial charge in [-0.05, 0) is 51.0 Å². The van der Waals surface area contributed by atoms with Gasteiger partial charge in [0.15, 0.2) is 0 Å². The Hall–Kier alpha value is -2.51. The average molecular weight is 461 g/mol. The van der Waals surface area contributed by atoms with Crippen molar-refractivity contribution in [2.75, 3.05) is 50.8 Å². The van der Waals surface area contributed by atoms with Crippen LogP contribution in [0, 0.1) is 13.8 Å². The van der Waals surface area contributed by atoms with Crippen LogP contribution in [0.2, 0.25) is 5.02 Å². The number of carbonyl (C=O) groups is 2. The zero-order valence-electron chi connectivity index (χ0n) is 19.2. The summed E-state index contributed by atoms with van der Waals surface area (Å²) >= 11 is 6.10. The Bertz CT molecular complexity index is 935. The fraction of sp³-hybridized carbons (Fsp3) is 0.500. The van der Waals surface area contributed by atoms with Gasteiger partial charge in [-0.25, -0.2) is 4.79 Å². The van der Waals surface area contributed by atoms with Gasteiger partial charge in [-0.2, -0.15) is 0 Å². The van der Waals surface area contributed by atoms with Crippen molar-refractivity contribution in [2.45, 2.75) is 33.6 Å². The van der Waals surface area contributed by atoms with Crippen LogP contribution in [-0.2, 0) is 16.0 Å². The number of benzene rings is 1. The Morgan fingerprint density at radius 2 is 1.94 bits per heavy atom. The molecule has 1 aromatic carbocycles. The first-order valence-electron chi connectivity index (χ1n) is 11.2. The summed E-state index contributed by atoms with van der Waals surface area (Å²) in [6.45, 7) is 11.2. The molecule has 32 heavy (non-hydrogen) atoms. The second-order valence-corrected chi connectivity index (χ2v) is 8.54. The largest absolute Gasteiger partial charge is 0.462 e. The molecule has 0 bridgehead atoms. The molecule has 2 N–H and O–H groups in total. The Morgan fingerprint density at radius 1 is 1.19 bits per heavy atom. The molecule has 1 aliphatic rings. The Morgan fingerprint density at radius 3 is 2.62 bits per heavy atom. The molecule has 2 heterocycles. The summed E-state index contributed by atoms with van der Waals surface area (Å²) < 4.78 is 5.12. The van der Waals surface area contributed by atoms with E-state index in [0.29, 0.717) is 31.6 Å². The first kappa shape index (κ1) is 24.1. The lowest BCUT2D eigenvalue weighted by atomic mass is 10.1. The van der Waals surface area contributed by atoms with Gasteiger partial charge in [0.25, 0.3) is 0 Å². The lowest BCUT2D eigenvalue weighted by Crippen LogP contribution is -2.48. The average Bonchev–Trinajstić information content (AvgIpc) is 3.06. The third kappa shape index (κ3) is 6.26. The maximum atomic E-state index is 12.3. The molecule has 174 valence electrons. The lowest BCUT2D eigenvalue weighted by molar-refractivity contribution is -0.121. The second-order valence-electron chi connectivity index (χ2n) is 8.11. The van der Waals surface area contributed by atoms with Crippen LogP contribution in [0.1, 0.15) is 40.7 Å². The number of piperazine rings is 1. The number of hydrogen-bond acceptors (Lipinski definition) is 5. The van der Waals surface area contributed by atoms with E-state index < -0.39 is 0 Å². The van der Waals surface area contributed by atoms with Crippen LogP contribution in [-0.4, -0.2) is 67.6 Å². The highest BCUT2D eigenvalue weighted by Crippen LogP contribution is 2.21. The number of aryl methyl sites for hydroxylation is 2. The molecule has 0 saturated carbocycles. The summed E-state index contributed by atoms with van der Waals surface area (Å²) in [5, 5.41) is 3.78. The van der Waals surface area contributed by atoms with E-state index >= 15 is 0 Å². The summed E-state index contributed by atoms with van der Waals surface area (Å²) in [5.74, 6) is -0.295. The van der Waals surface area contributed by atoms with Gasteiger partial charge < -0.3 is 19.9 Å². The van der Waals surface area contributed by atoms with E-state index in [1.165, 1.54) is 0 Å². The number of hydrogen-bond donors (Lipinski definition) is 2. The van der Waals surface area contributed by atoms with Gasteiger partial charge in [0.05, 0.1) is 12.2 Å². The maximum absolute atomic E-state index is 12.3. The number of carbonyl (C=O) groups excluding carboxylic acids is 2. The number of amides is 1. The molecule has 3 rings (SSSR count). The fourth-order valence-corrected chi connectivity index (χ4v) is 4.34. The predicted molar refractivity (Wildman–Crippen MR) is 128 cm³/mol. The number of rotatable bonds is 9. The van der Waals surface area contributed by atoms with Gasteiger partial charge in [0, 0.05) is 67.8 Å². The number of aromatic amines is 1. The molecule has 1 aliphatic heterocycles. The third-order valence-corrected chi connectivity index (χ3v) is 6.15. The zero-order chi connectivity index (χ0) is 23.1. The van der Waals surface area contributed by atoms with Crippen molar-refractivity contribution in [3.05, 3.63) is 51.8 Å². The fourth-order valence-electron chi connectivity index (χ4n) is 4.16. The van der Waals surface area contributed by atoms with Gasteiger partial charge in [0.1, 0.15) is 0 Å². The summed E-state index contributed by atoms with van der Waals surface area (Å²) in [5.41, 5.74) is 4.31. The van der Waals surface area contributed by atoms with E-state index in [2.05, 4.69) is 26.2 Å². The number of esters is 1. The van der Waals surface area contributed by atoms with E-state index in [1.54, 1.807) is 6.92 Å². The van der Waals surface area contributed by atoms with Gasteiger partial charge in [-0.15, -0.1) is 0 Å². The third-order valence-electron chi connectivity index (χ3n) is 5.92. The van der Waals surface area contributed by atoms with Crippen molar-refractivity contribution >= 4 is 29.2 Å². The molecular formula is C24H33ClN4O3. The molecule has 0 radical (unpaired) electrons. The lowest BCUT2D eigenvalue weighted by Gasteiger charge is -2.36. The highest BCUT2D eigenvalue weighted by Gasteiger charge is 2.20. The van der Waals surface area contributed by atoms with Crippen molar-refractivity contribution in [3.63, 3.8) is 0 Å². The summed E-state index contributed by atoms with van der Waals surface area (Å²) in [6, 6.07) is 7.96. The standard InChI is InChI=1S/C24H33ClN4O3/c1-4-32-24(31)23-17(2)21(27-18(23)3)8-9-22(30)26-10-11-28-12-14-29(15-13-28)20-7-5-6-19(25)16-20/h5-7,16,27H,4,8-15H2,1-3H3,(H,26,30). The topological polar surface area (TPSA) is 77.7 Å². The zero-order valence-corrected chi connectivity index (χ0v) is 19.9. The summed E-state index contributed by atoms with van der Waals surface area (Å²) in [6.07, 6.45) is 0.946. The van der Waals surface area contributed by atoms with Gasteiger partial charge in [0.2, 0.25) is 5.91 Å². The number of nitrogens with zero attached hydrogens (tertiary/aromatic N) is 2. The van der Waals surface area contributed by atoms with Crippen molar-refractivity contribution < 1.29 is 14.3 Å². The van der Waals surface area contributed by atoms with E-state index in [9.17, 15) is 9.59 Å². The molecule has 8 heteroatoms. The molecular weight excluding hydrogens is 428 g/mol. The van der Waals surface area contributed by atoms with Crippen LogP contribution in [0.15, 0.2) is 24.3 Å². The minimum absolute atomic E-state index is 0.0203. The second kappa shape index (κ2) is 11.4. The number of H-pyrrole nitrogens is 1. The predicted octanol–water partition coefficient (Wildman–Crippen LogP) is 3.33.